The predicted molar refractivity (Wildman–Crippen MR) is 82.1 cm³/mol. The Kier molecular flexibility index (Phi) is 4.72. The number of nitrogens with two attached hydrogens (primary N) is 1. The summed E-state index contributed by atoms with van der Waals surface area (Å²) < 4.78 is 22.2. The number of phenols is 1. The number of benzene rings is 2. The molecule has 0 fully saturated rings. The van der Waals surface area contributed by atoms with Crippen LogP contribution in [-0.4, -0.2) is 26.3 Å². The molecule has 6 heteroatoms. The van der Waals surface area contributed by atoms with Crippen molar-refractivity contribution >= 4 is 16.2 Å². The third-order valence-electron chi connectivity index (χ3n) is 2.91. The zero-order valence-corrected chi connectivity index (χ0v) is 12.1. The van der Waals surface area contributed by atoms with Gasteiger partial charge in [-0.15, -0.1) is 0 Å². The normalized spacial score (nSPS) is 11.9. The lowest BCUT2D eigenvalue weighted by atomic mass is 10.1. The molecule has 0 aliphatic rings. The first-order chi connectivity index (χ1) is 9.95. The molecule has 2 aromatic rings. The smallest absolute Gasteiger partial charge is 0.238 e. The van der Waals surface area contributed by atoms with E-state index in [0.717, 1.165) is 11.1 Å². The van der Waals surface area contributed by atoms with Gasteiger partial charge in [0.1, 0.15) is 5.75 Å². The Bertz CT molecular complexity index is 721. The Labute approximate surface area is 123 Å². The molecule has 0 atom stereocenters. The Morgan fingerprint density at radius 2 is 1.67 bits per heavy atom. The molecule has 2 aromatic carbocycles. The molecule has 0 aliphatic carbocycles. The summed E-state index contributed by atoms with van der Waals surface area (Å²) >= 11 is 0. The van der Waals surface area contributed by atoms with Crippen LogP contribution >= 0.6 is 0 Å². The summed E-state index contributed by atoms with van der Waals surface area (Å²) in [5.74, 6) is 0.224. The quantitative estimate of drug-likeness (QED) is 0.823. The van der Waals surface area contributed by atoms with E-state index in [2.05, 4.69) is 4.99 Å². The first kappa shape index (κ1) is 15.2. The van der Waals surface area contributed by atoms with Gasteiger partial charge in [0.05, 0.1) is 4.90 Å². The van der Waals surface area contributed by atoms with E-state index in [1.54, 1.807) is 42.6 Å². The van der Waals surface area contributed by atoms with E-state index in [0.29, 0.717) is 13.0 Å². The van der Waals surface area contributed by atoms with Gasteiger partial charge in [-0.05, 0) is 53.9 Å². The van der Waals surface area contributed by atoms with E-state index >= 15 is 0 Å². The molecule has 3 N–H and O–H groups in total. The summed E-state index contributed by atoms with van der Waals surface area (Å²) in [5.41, 5.74) is 1.91. The molecular weight excluding hydrogens is 288 g/mol. The molecule has 0 spiro atoms. The summed E-state index contributed by atoms with van der Waals surface area (Å²) in [5, 5.41) is 14.2. The van der Waals surface area contributed by atoms with Crippen molar-refractivity contribution in [3.05, 3.63) is 59.7 Å². The molecule has 21 heavy (non-hydrogen) atoms. The second-order valence-corrected chi connectivity index (χ2v) is 6.13. The van der Waals surface area contributed by atoms with E-state index in [1.807, 2.05) is 0 Å². The lowest BCUT2D eigenvalue weighted by Gasteiger charge is -2.01. The molecule has 0 aromatic heterocycles. The van der Waals surface area contributed by atoms with Gasteiger partial charge in [-0.2, -0.15) is 0 Å². The van der Waals surface area contributed by atoms with Crippen molar-refractivity contribution < 1.29 is 13.5 Å². The van der Waals surface area contributed by atoms with Crippen molar-refractivity contribution in [2.45, 2.75) is 11.3 Å². The van der Waals surface area contributed by atoms with Crippen molar-refractivity contribution in [3.8, 4) is 5.75 Å². The molecule has 0 saturated carbocycles. The van der Waals surface area contributed by atoms with Crippen molar-refractivity contribution in [3.63, 3.8) is 0 Å². The van der Waals surface area contributed by atoms with Gasteiger partial charge in [-0.3, -0.25) is 4.99 Å². The van der Waals surface area contributed by atoms with Crippen LogP contribution in [0.4, 0.5) is 0 Å². The number of rotatable bonds is 5. The molecule has 0 unspecified atom stereocenters. The van der Waals surface area contributed by atoms with Crippen LogP contribution in [0.5, 0.6) is 5.75 Å². The van der Waals surface area contributed by atoms with Crippen LogP contribution < -0.4 is 5.14 Å². The minimum atomic E-state index is -3.63. The minimum absolute atomic E-state index is 0.110. The SMILES string of the molecule is NS(=O)(=O)c1ccc(CCN=Cc2ccc(O)cc2)cc1. The number of sulfonamides is 1. The second kappa shape index (κ2) is 6.51. The standard InChI is InChI=1S/C15H16N2O3S/c16-21(19,20)15-7-3-12(4-8-15)9-10-17-11-13-1-5-14(18)6-2-13/h1-8,11,18H,9-10H2,(H2,16,19,20). The fraction of sp³-hybridized carbons (Fsp3) is 0.133. The largest absolute Gasteiger partial charge is 0.508 e. The Morgan fingerprint density at radius 3 is 2.24 bits per heavy atom. The van der Waals surface area contributed by atoms with Gasteiger partial charge in [0.25, 0.3) is 0 Å². The average molecular weight is 304 g/mol. The Morgan fingerprint density at radius 1 is 1.05 bits per heavy atom. The highest BCUT2D eigenvalue weighted by Crippen LogP contribution is 2.10. The van der Waals surface area contributed by atoms with Gasteiger partial charge in [-0.1, -0.05) is 12.1 Å². The van der Waals surface area contributed by atoms with Gasteiger partial charge in [-0.25, -0.2) is 13.6 Å². The van der Waals surface area contributed by atoms with E-state index < -0.39 is 10.0 Å². The van der Waals surface area contributed by atoms with Crippen LogP contribution in [0.25, 0.3) is 0 Å². The first-order valence-corrected chi connectivity index (χ1v) is 7.90. The van der Waals surface area contributed by atoms with Crippen molar-refractivity contribution in [1.82, 2.24) is 0 Å². The molecule has 0 radical (unpaired) electrons. The third-order valence-corrected chi connectivity index (χ3v) is 3.84. The lowest BCUT2D eigenvalue weighted by molar-refractivity contribution is 0.475. The number of primary sulfonamides is 1. The van der Waals surface area contributed by atoms with Gasteiger partial charge in [0, 0.05) is 12.8 Å². The number of nitrogens with zero attached hydrogens (tertiary/aromatic N) is 1. The molecule has 0 saturated heterocycles. The van der Waals surface area contributed by atoms with Crippen LogP contribution in [-0.2, 0) is 16.4 Å². The van der Waals surface area contributed by atoms with Gasteiger partial charge in [0.15, 0.2) is 0 Å². The first-order valence-electron chi connectivity index (χ1n) is 6.36. The summed E-state index contributed by atoms with van der Waals surface area (Å²) in [7, 11) is -3.63. The number of aliphatic imine (C=N–C) groups is 1. The Hall–Kier alpha value is -2.18. The van der Waals surface area contributed by atoms with Crippen molar-refractivity contribution in [2.75, 3.05) is 6.54 Å². The lowest BCUT2D eigenvalue weighted by Crippen LogP contribution is -2.11. The monoisotopic (exact) mass is 304 g/mol. The molecule has 2 rings (SSSR count). The highest BCUT2D eigenvalue weighted by Gasteiger charge is 2.06. The Balaban J connectivity index is 1.90. The summed E-state index contributed by atoms with van der Waals surface area (Å²) in [6.45, 7) is 0.593. The molecule has 110 valence electrons. The number of phenolic OH excluding ortho intramolecular Hbond substituents is 1. The predicted octanol–water partition coefficient (Wildman–Crippen LogP) is 1.70. The van der Waals surface area contributed by atoms with Crippen molar-refractivity contribution in [1.29, 1.82) is 0 Å². The van der Waals surface area contributed by atoms with Gasteiger partial charge in [0.2, 0.25) is 10.0 Å². The number of aromatic hydroxyl groups is 1. The zero-order valence-electron chi connectivity index (χ0n) is 11.3. The van der Waals surface area contributed by atoms with Crippen molar-refractivity contribution in [2.24, 2.45) is 10.1 Å². The third kappa shape index (κ3) is 4.70. The van der Waals surface area contributed by atoms with E-state index in [-0.39, 0.29) is 10.6 Å². The molecular formula is C15H16N2O3S. The van der Waals surface area contributed by atoms with Crippen LogP contribution in [0.2, 0.25) is 0 Å². The maximum Gasteiger partial charge on any atom is 0.238 e. The maximum atomic E-state index is 11.1. The zero-order chi connectivity index (χ0) is 15.3. The second-order valence-electron chi connectivity index (χ2n) is 4.57. The molecule has 5 nitrogen and oxygen atoms in total. The summed E-state index contributed by atoms with van der Waals surface area (Å²) in [4.78, 5) is 4.40. The van der Waals surface area contributed by atoms with E-state index in [4.69, 9.17) is 10.2 Å². The topological polar surface area (TPSA) is 92.8 Å². The number of hydrogen-bond donors (Lipinski definition) is 2. The van der Waals surface area contributed by atoms with Crippen LogP contribution in [0.3, 0.4) is 0 Å². The molecule has 0 bridgehead atoms. The van der Waals surface area contributed by atoms with Crippen LogP contribution in [0.15, 0.2) is 58.4 Å². The summed E-state index contributed by atoms with van der Waals surface area (Å²) in [6, 6.07) is 13.2. The molecule has 0 amide bonds. The maximum absolute atomic E-state index is 11.1. The summed E-state index contributed by atoms with van der Waals surface area (Å²) in [6.07, 6.45) is 2.44. The fourth-order valence-corrected chi connectivity index (χ4v) is 2.29. The average Bonchev–Trinajstić information content (AvgIpc) is 2.45. The highest BCUT2D eigenvalue weighted by molar-refractivity contribution is 7.89. The number of hydrogen-bond acceptors (Lipinski definition) is 4. The molecule has 0 heterocycles. The van der Waals surface area contributed by atoms with E-state index in [9.17, 15) is 8.42 Å². The van der Waals surface area contributed by atoms with Crippen LogP contribution in [0, 0.1) is 0 Å². The molecule has 0 aliphatic heterocycles. The highest BCUT2D eigenvalue weighted by atomic mass is 32.2. The minimum Gasteiger partial charge on any atom is -0.508 e. The van der Waals surface area contributed by atoms with Gasteiger partial charge >= 0.3 is 0 Å². The van der Waals surface area contributed by atoms with E-state index in [1.165, 1.54) is 12.1 Å². The fourth-order valence-electron chi connectivity index (χ4n) is 1.77. The van der Waals surface area contributed by atoms with Crippen LogP contribution in [0.1, 0.15) is 11.1 Å². The van der Waals surface area contributed by atoms with Gasteiger partial charge < -0.3 is 5.11 Å².